The number of benzene rings is 1. The lowest BCUT2D eigenvalue weighted by Crippen LogP contribution is -2.29. The number of nitrogens with one attached hydrogen (secondary N) is 1. The van der Waals surface area contributed by atoms with Crippen molar-refractivity contribution >= 4 is 35.6 Å². The van der Waals surface area contributed by atoms with Crippen molar-refractivity contribution in [1.29, 1.82) is 0 Å². The van der Waals surface area contributed by atoms with Gasteiger partial charge in [-0.15, -0.1) is 24.0 Å². The van der Waals surface area contributed by atoms with Crippen LogP contribution in [0.5, 0.6) is 0 Å². The van der Waals surface area contributed by atoms with Crippen LogP contribution in [-0.2, 0) is 12.8 Å². The van der Waals surface area contributed by atoms with Crippen molar-refractivity contribution in [1.82, 2.24) is 4.90 Å². The van der Waals surface area contributed by atoms with Crippen LogP contribution in [0.1, 0.15) is 49.7 Å². The minimum atomic E-state index is 0. The zero-order chi connectivity index (χ0) is 15.9. The highest BCUT2D eigenvalue weighted by Crippen LogP contribution is 2.27. The molecule has 0 aromatic heterocycles. The lowest BCUT2D eigenvalue weighted by Gasteiger charge is -2.20. The Kier molecular flexibility index (Phi) is 8.32. The van der Waals surface area contributed by atoms with E-state index in [1.807, 2.05) is 0 Å². The normalized spacial score (nSPS) is 19.1. The first-order valence-corrected chi connectivity index (χ1v) is 9.23. The standard InChI is InChI=1S/C19H30N4.HI/c20-19(21-12-15-23-13-5-1-2-6-14-23)22-18-11-7-9-16-8-3-4-10-17(16)18;/h7,9,11H,1-6,8,10,12-15H2,(H3,20,21,22);1H. The van der Waals surface area contributed by atoms with Crippen LogP contribution in [0.25, 0.3) is 0 Å². The van der Waals surface area contributed by atoms with Crippen LogP contribution < -0.4 is 11.1 Å². The molecule has 1 heterocycles. The molecule has 0 radical (unpaired) electrons. The van der Waals surface area contributed by atoms with Crippen LogP contribution in [0, 0.1) is 0 Å². The molecule has 1 aromatic carbocycles. The SMILES string of the molecule is I.NC(=NCCN1CCCCCC1)Nc1cccc2c1CCCC2. The van der Waals surface area contributed by atoms with Gasteiger partial charge in [0.05, 0.1) is 6.54 Å². The van der Waals surface area contributed by atoms with Gasteiger partial charge in [-0.2, -0.15) is 0 Å². The second-order valence-electron chi connectivity index (χ2n) is 6.80. The third-order valence-corrected chi connectivity index (χ3v) is 5.06. The molecule has 0 spiro atoms. The maximum absolute atomic E-state index is 6.11. The second kappa shape index (κ2) is 10.2. The monoisotopic (exact) mass is 442 g/mol. The average molecular weight is 442 g/mol. The van der Waals surface area contributed by atoms with Gasteiger partial charge < -0.3 is 16.0 Å². The van der Waals surface area contributed by atoms with Gasteiger partial charge in [-0.3, -0.25) is 4.99 Å². The molecule has 3 N–H and O–H groups in total. The Balaban J connectivity index is 0.00000208. The quantitative estimate of drug-likeness (QED) is 0.424. The smallest absolute Gasteiger partial charge is 0.193 e. The number of guanidine groups is 1. The molecular formula is C19H31IN4. The second-order valence-corrected chi connectivity index (χ2v) is 6.80. The Morgan fingerprint density at radius 2 is 1.79 bits per heavy atom. The molecule has 5 heteroatoms. The molecule has 3 rings (SSSR count). The minimum Gasteiger partial charge on any atom is -0.370 e. The summed E-state index contributed by atoms with van der Waals surface area (Å²) in [4.78, 5) is 7.06. The van der Waals surface area contributed by atoms with Gasteiger partial charge in [-0.1, -0.05) is 25.0 Å². The van der Waals surface area contributed by atoms with Crippen molar-refractivity contribution in [3.05, 3.63) is 29.3 Å². The van der Waals surface area contributed by atoms with Crippen LogP contribution in [0.15, 0.2) is 23.2 Å². The molecule has 1 fully saturated rings. The number of rotatable bonds is 4. The molecule has 1 saturated heterocycles. The molecule has 0 unspecified atom stereocenters. The summed E-state index contributed by atoms with van der Waals surface area (Å²) in [6.07, 6.45) is 10.3. The molecule has 0 saturated carbocycles. The number of aliphatic imine (C=N–C) groups is 1. The Morgan fingerprint density at radius 3 is 2.58 bits per heavy atom. The molecule has 4 nitrogen and oxygen atoms in total. The fourth-order valence-corrected chi connectivity index (χ4v) is 3.75. The van der Waals surface area contributed by atoms with Gasteiger partial charge in [0, 0.05) is 12.2 Å². The summed E-state index contributed by atoms with van der Waals surface area (Å²) in [5, 5.41) is 3.33. The maximum Gasteiger partial charge on any atom is 0.193 e. The van der Waals surface area contributed by atoms with Crippen LogP contribution in [-0.4, -0.2) is 37.0 Å². The van der Waals surface area contributed by atoms with E-state index in [1.165, 1.54) is 69.2 Å². The predicted molar refractivity (Wildman–Crippen MR) is 114 cm³/mol. The molecule has 134 valence electrons. The van der Waals surface area contributed by atoms with Crippen LogP contribution >= 0.6 is 24.0 Å². The van der Waals surface area contributed by atoms with Crippen molar-refractivity contribution in [2.45, 2.75) is 51.4 Å². The van der Waals surface area contributed by atoms with Gasteiger partial charge in [0.1, 0.15) is 0 Å². The molecule has 0 atom stereocenters. The summed E-state index contributed by atoms with van der Waals surface area (Å²) in [5.41, 5.74) is 10.2. The fourth-order valence-electron chi connectivity index (χ4n) is 3.75. The Bertz CT molecular complexity index is 536. The van der Waals surface area contributed by atoms with Gasteiger partial charge in [-0.05, 0) is 68.8 Å². The number of aryl methyl sites for hydroxylation is 1. The first kappa shape index (κ1) is 19.5. The Morgan fingerprint density at radius 1 is 1.04 bits per heavy atom. The molecular weight excluding hydrogens is 411 g/mol. The van der Waals surface area contributed by atoms with Gasteiger partial charge in [0.2, 0.25) is 0 Å². The number of hydrogen-bond acceptors (Lipinski definition) is 2. The Hall–Kier alpha value is -0.820. The van der Waals surface area contributed by atoms with Crippen LogP contribution in [0.2, 0.25) is 0 Å². The topological polar surface area (TPSA) is 53.6 Å². The highest BCUT2D eigenvalue weighted by atomic mass is 127. The van der Waals surface area contributed by atoms with E-state index in [4.69, 9.17) is 5.73 Å². The van der Waals surface area contributed by atoms with E-state index < -0.39 is 0 Å². The van der Waals surface area contributed by atoms with Crippen molar-refractivity contribution in [3.63, 3.8) is 0 Å². The fraction of sp³-hybridized carbons (Fsp3) is 0.632. The van der Waals surface area contributed by atoms with Crippen molar-refractivity contribution in [2.24, 2.45) is 10.7 Å². The number of likely N-dealkylation sites (tertiary alicyclic amines) is 1. The molecule has 24 heavy (non-hydrogen) atoms. The summed E-state index contributed by atoms with van der Waals surface area (Å²) in [5.74, 6) is 0.554. The van der Waals surface area contributed by atoms with E-state index in [2.05, 4.69) is 33.4 Å². The predicted octanol–water partition coefficient (Wildman–Crippen LogP) is 3.79. The zero-order valence-electron chi connectivity index (χ0n) is 14.6. The summed E-state index contributed by atoms with van der Waals surface area (Å²) < 4.78 is 0. The molecule has 0 amide bonds. The van der Waals surface area contributed by atoms with E-state index in [9.17, 15) is 0 Å². The van der Waals surface area contributed by atoms with Crippen molar-refractivity contribution < 1.29 is 0 Å². The zero-order valence-corrected chi connectivity index (χ0v) is 16.9. The number of hydrogen-bond donors (Lipinski definition) is 2. The van der Waals surface area contributed by atoms with Crippen LogP contribution in [0.3, 0.4) is 0 Å². The van der Waals surface area contributed by atoms with Crippen molar-refractivity contribution in [2.75, 3.05) is 31.5 Å². The largest absolute Gasteiger partial charge is 0.370 e. The molecule has 0 bridgehead atoms. The number of fused-ring (bicyclic) bond motifs is 1. The summed E-state index contributed by atoms with van der Waals surface area (Å²) >= 11 is 0. The first-order chi connectivity index (χ1) is 11.3. The minimum absolute atomic E-state index is 0. The number of nitrogens with two attached hydrogens (primary N) is 1. The number of anilines is 1. The van der Waals surface area contributed by atoms with Gasteiger partial charge in [0.25, 0.3) is 0 Å². The molecule has 2 aliphatic rings. The van der Waals surface area contributed by atoms with Gasteiger partial charge in [0.15, 0.2) is 5.96 Å². The summed E-state index contributed by atoms with van der Waals surface area (Å²) in [7, 11) is 0. The van der Waals surface area contributed by atoms with Crippen molar-refractivity contribution in [3.8, 4) is 0 Å². The third-order valence-electron chi connectivity index (χ3n) is 5.06. The van der Waals surface area contributed by atoms with E-state index in [0.717, 1.165) is 25.2 Å². The lowest BCUT2D eigenvalue weighted by molar-refractivity contribution is 0.293. The highest BCUT2D eigenvalue weighted by Gasteiger charge is 2.13. The first-order valence-electron chi connectivity index (χ1n) is 9.23. The lowest BCUT2D eigenvalue weighted by atomic mass is 9.90. The third kappa shape index (κ3) is 5.62. The van der Waals surface area contributed by atoms with Gasteiger partial charge >= 0.3 is 0 Å². The molecule has 1 aliphatic carbocycles. The van der Waals surface area contributed by atoms with E-state index in [1.54, 1.807) is 0 Å². The number of nitrogens with zero attached hydrogens (tertiary/aromatic N) is 2. The van der Waals surface area contributed by atoms with Crippen LogP contribution in [0.4, 0.5) is 5.69 Å². The van der Waals surface area contributed by atoms with E-state index >= 15 is 0 Å². The molecule has 1 aromatic rings. The highest BCUT2D eigenvalue weighted by molar-refractivity contribution is 14.0. The Labute approximate surface area is 163 Å². The summed E-state index contributed by atoms with van der Waals surface area (Å²) in [6, 6.07) is 6.49. The van der Waals surface area contributed by atoms with E-state index in [-0.39, 0.29) is 24.0 Å². The van der Waals surface area contributed by atoms with E-state index in [0.29, 0.717) is 5.96 Å². The summed E-state index contributed by atoms with van der Waals surface area (Å²) in [6.45, 7) is 4.24. The van der Waals surface area contributed by atoms with Gasteiger partial charge in [-0.25, -0.2) is 0 Å². The maximum atomic E-state index is 6.11. The number of halogens is 1. The molecule has 1 aliphatic heterocycles. The average Bonchev–Trinajstić information content (AvgIpc) is 2.84.